The molecule has 1 aromatic rings. The summed E-state index contributed by atoms with van der Waals surface area (Å²) in [6.45, 7) is 8.78. The van der Waals surface area contributed by atoms with Gasteiger partial charge in [0, 0.05) is 51.4 Å². The highest BCUT2D eigenvalue weighted by Gasteiger charge is 2.40. The molecular formula is C20H29FN4O2S. The molecule has 2 fully saturated rings. The van der Waals surface area contributed by atoms with Crippen molar-refractivity contribution in [2.45, 2.75) is 30.9 Å². The van der Waals surface area contributed by atoms with Gasteiger partial charge < -0.3 is 15.1 Å². The Balaban J connectivity index is 1.60. The van der Waals surface area contributed by atoms with E-state index in [2.05, 4.69) is 10.2 Å². The molecule has 2 heterocycles. The maximum Gasteiger partial charge on any atom is 0.317 e. The predicted octanol–water partition coefficient (Wildman–Crippen LogP) is 2.53. The highest BCUT2D eigenvalue weighted by molar-refractivity contribution is 8.01. The van der Waals surface area contributed by atoms with Crippen LogP contribution in [0.5, 0.6) is 0 Å². The van der Waals surface area contributed by atoms with Gasteiger partial charge in [-0.05, 0) is 19.4 Å². The highest BCUT2D eigenvalue weighted by Crippen LogP contribution is 2.44. The number of amides is 3. The fraction of sp³-hybridized carbons (Fsp3) is 0.600. The van der Waals surface area contributed by atoms with Crippen molar-refractivity contribution in [2.24, 2.45) is 0 Å². The van der Waals surface area contributed by atoms with E-state index < -0.39 is 0 Å². The largest absolute Gasteiger partial charge is 0.338 e. The Morgan fingerprint density at radius 1 is 1.18 bits per heavy atom. The van der Waals surface area contributed by atoms with Gasteiger partial charge in [0.15, 0.2) is 0 Å². The Morgan fingerprint density at radius 2 is 1.89 bits per heavy atom. The third kappa shape index (κ3) is 4.60. The van der Waals surface area contributed by atoms with E-state index in [0.29, 0.717) is 31.7 Å². The average Bonchev–Trinajstić information content (AvgIpc) is 3.02. The lowest BCUT2D eigenvalue weighted by Gasteiger charge is -2.36. The molecule has 0 saturated carbocycles. The minimum absolute atomic E-state index is 0.0151. The second-order valence-electron chi connectivity index (χ2n) is 7.10. The molecule has 28 heavy (non-hydrogen) atoms. The normalized spacial score (nSPS) is 23.3. The van der Waals surface area contributed by atoms with Gasteiger partial charge in [0.25, 0.3) is 0 Å². The van der Waals surface area contributed by atoms with Crippen molar-refractivity contribution in [3.8, 4) is 0 Å². The van der Waals surface area contributed by atoms with Gasteiger partial charge in [0.2, 0.25) is 5.91 Å². The Morgan fingerprint density at radius 3 is 2.54 bits per heavy atom. The quantitative estimate of drug-likeness (QED) is 0.786. The first-order valence-corrected chi connectivity index (χ1v) is 10.9. The van der Waals surface area contributed by atoms with Crippen molar-refractivity contribution in [1.82, 2.24) is 20.0 Å². The van der Waals surface area contributed by atoms with Crippen LogP contribution >= 0.6 is 11.8 Å². The average molecular weight is 409 g/mol. The van der Waals surface area contributed by atoms with Gasteiger partial charge in [0.05, 0.1) is 5.25 Å². The van der Waals surface area contributed by atoms with E-state index in [1.165, 1.54) is 6.07 Å². The zero-order valence-corrected chi connectivity index (χ0v) is 17.4. The third-order valence-electron chi connectivity index (χ3n) is 5.32. The number of urea groups is 1. The smallest absolute Gasteiger partial charge is 0.317 e. The second kappa shape index (κ2) is 9.60. The van der Waals surface area contributed by atoms with E-state index in [1.807, 2.05) is 29.7 Å². The Bertz CT molecular complexity index is 697. The Hall–Kier alpha value is -1.80. The Labute approximate surface area is 170 Å². The number of nitrogens with zero attached hydrogens (tertiary/aromatic N) is 3. The first-order valence-electron chi connectivity index (χ1n) is 10.0. The molecule has 1 N–H and O–H groups in total. The van der Waals surface area contributed by atoms with Crippen LogP contribution < -0.4 is 5.32 Å². The lowest BCUT2D eigenvalue weighted by Crippen LogP contribution is -2.53. The molecule has 0 aliphatic carbocycles. The molecule has 0 radical (unpaired) electrons. The molecule has 2 saturated heterocycles. The van der Waals surface area contributed by atoms with E-state index in [-0.39, 0.29) is 28.4 Å². The first kappa shape index (κ1) is 20.9. The number of hydrogen-bond acceptors (Lipinski definition) is 4. The summed E-state index contributed by atoms with van der Waals surface area (Å²) in [5, 5.41) is 2.45. The third-order valence-corrected chi connectivity index (χ3v) is 6.95. The molecular weight excluding hydrogens is 379 g/mol. The van der Waals surface area contributed by atoms with Crippen molar-refractivity contribution in [3.63, 3.8) is 0 Å². The summed E-state index contributed by atoms with van der Waals surface area (Å²) in [6, 6.07) is 6.71. The van der Waals surface area contributed by atoms with Crippen molar-refractivity contribution in [2.75, 3.05) is 45.8 Å². The number of halogens is 1. The standard InChI is InChI=1S/C20H29FN4O2S/c1-3-17-18(26)25(19(28-17)15-7-5-6-8-16(15)21)14-11-23-9-12-24(13-10-23)20(27)22-4-2/h5-8,17,19H,3-4,9-14H2,1-2H3,(H,22,27)/t17-,19+/m0/s1. The zero-order valence-electron chi connectivity index (χ0n) is 16.6. The Kier molecular flexibility index (Phi) is 7.18. The van der Waals surface area contributed by atoms with Crippen molar-refractivity contribution in [3.05, 3.63) is 35.6 Å². The molecule has 3 rings (SSSR count). The number of benzene rings is 1. The maximum atomic E-state index is 14.3. The van der Waals surface area contributed by atoms with Gasteiger partial charge in [0.1, 0.15) is 11.2 Å². The first-order chi connectivity index (χ1) is 13.5. The van der Waals surface area contributed by atoms with Crippen LogP contribution in [0.3, 0.4) is 0 Å². The number of piperazine rings is 1. The summed E-state index contributed by atoms with van der Waals surface area (Å²) < 4.78 is 14.3. The molecule has 0 aromatic heterocycles. The number of carbonyl (C=O) groups excluding carboxylic acids is 2. The fourth-order valence-electron chi connectivity index (χ4n) is 3.69. The monoisotopic (exact) mass is 408 g/mol. The summed E-state index contributed by atoms with van der Waals surface area (Å²) in [5.41, 5.74) is 0.581. The summed E-state index contributed by atoms with van der Waals surface area (Å²) in [4.78, 5) is 30.7. The summed E-state index contributed by atoms with van der Waals surface area (Å²) in [5.74, 6) is -0.160. The van der Waals surface area contributed by atoms with Gasteiger partial charge in [-0.2, -0.15) is 0 Å². The minimum Gasteiger partial charge on any atom is -0.338 e. The van der Waals surface area contributed by atoms with Crippen LogP contribution in [-0.2, 0) is 4.79 Å². The van der Waals surface area contributed by atoms with Crippen molar-refractivity contribution >= 4 is 23.7 Å². The molecule has 0 bridgehead atoms. The van der Waals surface area contributed by atoms with Gasteiger partial charge in [-0.25, -0.2) is 9.18 Å². The van der Waals surface area contributed by atoms with Gasteiger partial charge in [-0.3, -0.25) is 9.69 Å². The number of thioether (sulfide) groups is 1. The topological polar surface area (TPSA) is 55.9 Å². The highest BCUT2D eigenvalue weighted by atomic mass is 32.2. The molecule has 154 valence electrons. The van der Waals surface area contributed by atoms with E-state index >= 15 is 0 Å². The fourth-order valence-corrected chi connectivity index (χ4v) is 5.14. The molecule has 0 unspecified atom stereocenters. The second-order valence-corrected chi connectivity index (χ2v) is 8.39. The lowest BCUT2D eigenvalue weighted by molar-refractivity contribution is -0.130. The molecule has 2 aliphatic rings. The molecule has 6 nitrogen and oxygen atoms in total. The number of hydrogen-bond donors (Lipinski definition) is 1. The van der Waals surface area contributed by atoms with Gasteiger partial charge in [-0.1, -0.05) is 25.1 Å². The SMILES string of the molecule is CCNC(=O)N1CCN(CCN2C(=O)[C@H](CC)S[C@@H]2c2ccccc2F)CC1. The van der Waals surface area contributed by atoms with Crippen molar-refractivity contribution in [1.29, 1.82) is 0 Å². The maximum absolute atomic E-state index is 14.3. The molecule has 0 spiro atoms. The van der Waals surface area contributed by atoms with Gasteiger partial charge >= 0.3 is 6.03 Å². The summed E-state index contributed by atoms with van der Waals surface area (Å²) in [7, 11) is 0. The van der Waals surface area contributed by atoms with Crippen LogP contribution in [0.1, 0.15) is 31.2 Å². The summed E-state index contributed by atoms with van der Waals surface area (Å²) >= 11 is 1.55. The number of carbonyl (C=O) groups is 2. The molecule has 8 heteroatoms. The van der Waals surface area contributed by atoms with E-state index in [1.54, 1.807) is 23.9 Å². The zero-order chi connectivity index (χ0) is 20.1. The van der Waals surface area contributed by atoms with Gasteiger partial charge in [-0.15, -0.1) is 11.8 Å². The van der Waals surface area contributed by atoms with Crippen LogP contribution in [0.4, 0.5) is 9.18 Å². The van der Waals surface area contributed by atoms with Crippen molar-refractivity contribution < 1.29 is 14.0 Å². The van der Waals surface area contributed by atoms with E-state index in [0.717, 1.165) is 26.1 Å². The minimum atomic E-state index is -0.268. The summed E-state index contributed by atoms with van der Waals surface area (Å²) in [6.07, 6.45) is 0.746. The lowest BCUT2D eigenvalue weighted by atomic mass is 10.2. The molecule has 2 atom stereocenters. The van der Waals surface area contributed by atoms with Crippen LogP contribution in [0.15, 0.2) is 24.3 Å². The van der Waals surface area contributed by atoms with Crippen LogP contribution in [0.2, 0.25) is 0 Å². The predicted molar refractivity (Wildman–Crippen MR) is 110 cm³/mol. The number of nitrogens with one attached hydrogen (secondary N) is 1. The van der Waals surface area contributed by atoms with Crippen LogP contribution in [-0.4, -0.2) is 77.7 Å². The van der Waals surface area contributed by atoms with Crippen LogP contribution in [0, 0.1) is 5.82 Å². The molecule has 2 aliphatic heterocycles. The van der Waals surface area contributed by atoms with Crippen LogP contribution in [0.25, 0.3) is 0 Å². The molecule has 1 aromatic carbocycles. The molecule has 3 amide bonds. The number of rotatable bonds is 6. The van der Waals surface area contributed by atoms with E-state index in [9.17, 15) is 14.0 Å². The van der Waals surface area contributed by atoms with E-state index in [4.69, 9.17) is 0 Å².